The fourth-order valence-electron chi connectivity index (χ4n) is 1.58. The molecule has 0 fully saturated rings. The van der Waals surface area contributed by atoms with Gasteiger partial charge in [0.25, 0.3) is 0 Å². The number of likely N-dealkylation sites (N-methyl/N-ethyl adjacent to an activating group) is 1. The summed E-state index contributed by atoms with van der Waals surface area (Å²) in [7, 11) is 1.72. The van der Waals surface area contributed by atoms with Crippen LogP contribution in [0.4, 0.5) is 11.4 Å². The number of carboxylic acid groups (broad SMARTS) is 1. The van der Waals surface area contributed by atoms with Gasteiger partial charge in [0.2, 0.25) is 0 Å². The highest BCUT2D eigenvalue weighted by atomic mass is 32.1. The molecular formula is C10H13N5O2S. The van der Waals surface area contributed by atoms with Crippen molar-refractivity contribution in [1.82, 2.24) is 5.43 Å². The second kappa shape index (κ2) is 5.13. The lowest BCUT2D eigenvalue weighted by atomic mass is 10.2. The van der Waals surface area contributed by atoms with Gasteiger partial charge in [0, 0.05) is 12.7 Å². The van der Waals surface area contributed by atoms with Gasteiger partial charge in [-0.05, 0) is 29.5 Å². The van der Waals surface area contributed by atoms with Crippen LogP contribution < -0.4 is 15.3 Å². The van der Waals surface area contributed by atoms with Gasteiger partial charge in [-0.15, -0.1) is 12.6 Å². The van der Waals surface area contributed by atoms with E-state index in [0.29, 0.717) is 0 Å². The normalized spacial score (nSPS) is 17.7. The molecular weight excluding hydrogens is 254 g/mol. The quantitative estimate of drug-likeness (QED) is 0.712. The van der Waals surface area contributed by atoms with Crippen LogP contribution in [-0.4, -0.2) is 30.2 Å². The molecule has 1 aromatic carbocycles. The monoisotopic (exact) mass is 267 g/mol. The maximum Gasteiger partial charge on any atom is 0.323 e. The number of nitrogens with zero attached hydrogens (tertiary/aromatic N) is 4. The standard InChI is InChI=1S/C10H13N5O2S/c1-14(6-9(16)17)7-2-4-8(5-3-7)15-10(18)11-12-13-15/h2-5,10,18H,6H2,1H3,(H,11,13)(H,16,17). The van der Waals surface area contributed by atoms with Crippen LogP contribution in [0.1, 0.15) is 0 Å². The minimum Gasteiger partial charge on any atom is -0.480 e. The summed E-state index contributed by atoms with van der Waals surface area (Å²) < 4.78 is 0. The summed E-state index contributed by atoms with van der Waals surface area (Å²) in [5, 5.41) is 17.9. The van der Waals surface area contributed by atoms with Crippen molar-refractivity contribution in [3.63, 3.8) is 0 Å². The first-order chi connectivity index (χ1) is 8.58. The highest BCUT2D eigenvalue weighted by Crippen LogP contribution is 2.24. The molecule has 1 aliphatic rings. The Morgan fingerprint density at radius 1 is 1.56 bits per heavy atom. The van der Waals surface area contributed by atoms with Crippen molar-refractivity contribution in [2.24, 2.45) is 10.4 Å². The Morgan fingerprint density at radius 3 is 2.72 bits per heavy atom. The second-order valence-corrected chi connectivity index (χ2v) is 4.29. The number of benzene rings is 1. The van der Waals surface area contributed by atoms with Crippen molar-refractivity contribution >= 4 is 30.0 Å². The first-order valence-electron chi connectivity index (χ1n) is 5.24. The number of hydrogen-bond donors (Lipinski definition) is 3. The molecule has 0 bridgehead atoms. The van der Waals surface area contributed by atoms with Gasteiger partial charge in [0.05, 0.1) is 5.69 Å². The summed E-state index contributed by atoms with van der Waals surface area (Å²) in [6, 6.07) is 7.32. The highest BCUT2D eigenvalue weighted by Gasteiger charge is 2.19. The highest BCUT2D eigenvalue weighted by molar-refractivity contribution is 7.81. The molecule has 2 rings (SSSR count). The van der Waals surface area contributed by atoms with Gasteiger partial charge in [0.1, 0.15) is 6.54 Å². The van der Waals surface area contributed by atoms with E-state index < -0.39 is 5.97 Å². The molecule has 1 heterocycles. The van der Waals surface area contributed by atoms with Crippen LogP contribution in [0.2, 0.25) is 0 Å². The van der Waals surface area contributed by atoms with Crippen LogP contribution in [0.25, 0.3) is 0 Å². The summed E-state index contributed by atoms with van der Waals surface area (Å²) in [5.74, 6) is -0.866. The Labute approximate surface area is 109 Å². The molecule has 1 unspecified atom stereocenters. The average Bonchev–Trinajstić information content (AvgIpc) is 2.75. The van der Waals surface area contributed by atoms with Crippen molar-refractivity contribution in [2.75, 3.05) is 23.5 Å². The third kappa shape index (κ3) is 2.65. The van der Waals surface area contributed by atoms with Gasteiger partial charge in [-0.1, -0.05) is 5.22 Å². The first kappa shape index (κ1) is 12.5. The fourth-order valence-corrected chi connectivity index (χ4v) is 1.81. The molecule has 0 spiro atoms. The smallest absolute Gasteiger partial charge is 0.323 e. The van der Waals surface area contributed by atoms with Gasteiger partial charge >= 0.3 is 5.97 Å². The number of hydrogen-bond acceptors (Lipinski definition) is 7. The number of aliphatic carboxylic acids is 1. The molecule has 2 N–H and O–H groups in total. The van der Waals surface area contributed by atoms with Crippen LogP contribution in [-0.2, 0) is 4.79 Å². The minimum absolute atomic E-state index is 0.0421. The van der Waals surface area contributed by atoms with Crippen LogP contribution in [0.3, 0.4) is 0 Å². The van der Waals surface area contributed by atoms with Gasteiger partial charge < -0.3 is 10.0 Å². The lowest BCUT2D eigenvalue weighted by molar-refractivity contribution is -0.135. The van der Waals surface area contributed by atoms with Gasteiger partial charge in [0.15, 0.2) is 5.50 Å². The van der Waals surface area contributed by atoms with E-state index in [-0.39, 0.29) is 12.0 Å². The molecule has 0 amide bonds. The van der Waals surface area contributed by atoms with E-state index in [1.807, 2.05) is 24.3 Å². The Bertz CT molecular complexity index is 464. The van der Waals surface area contributed by atoms with E-state index in [4.69, 9.17) is 5.11 Å². The van der Waals surface area contributed by atoms with Crippen molar-refractivity contribution in [2.45, 2.75) is 5.50 Å². The fraction of sp³-hybridized carbons (Fsp3) is 0.300. The molecule has 7 nitrogen and oxygen atoms in total. The summed E-state index contributed by atoms with van der Waals surface area (Å²) in [5.41, 5.74) is 4.06. The lowest BCUT2D eigenvalue weighted by Gasteiger charge is -2.20. The van der Waals surface area contributed by atoms with Crippen molar-refractivity contribution < 1.29 is 9.90 Å². The topological polar surface area (TPSA) is 80.5 Å². The maximum atomic E-state index is 10.6. The molecule has 0 radical (unpaired) electrons. The van der Waals surface area contributed by atoms with Crippen LogP contribution in [0.5, 0.6) is 0 Å². The van der Waals surface area contributed by atoms with E-state index >= 15 is 0 Å². The summed E-state index contributed by atoms with van der Waals surface area (Å²) >= 11 is 4.25. The molecule has 96 valence electrons. The minimum atomic E-state index is -0.866. The van der Waals surface area contributed by atoms with Crippen LogP contribution in [0.15, 0.2) is 34.7 Å². The average molecular weight is 267 g/mol. The lowest BCUT2D eigenvalue weighted by Crippen LogP contribution is -2.29. The number of carbonyl (C=O) groups is 1. The zero-order valence-corrected chi connectivity index (χ0v) is 10.6. The zero-order chi connectivity index (χ0) is 13.1. The first-order valence-corrected chi connectivity index (χ1v) is 5.76. The second-order valence-electron chi connectivity index (χ2n) is 3.80. The number of anilines is 2. The molecule has 1 atom stereocenters. The Hall–Kier alpha value is -1.96. The van der Waals surface area contributed by atoms with Crippen LogP contribution in [0, 0.1) is 0 Å². The van der Waals surface area contributed by atoms with Gasteiger partial charge in [-0.25, -0.2) is 5.01 Å². The van der Waals surface area contributed by atoms with Crippen LogP contribution >= 0.6 is 12.6 Å². The summed E-state index contributed by atoms with van der Waals surface area (Å²) in [6.07, 6.45) is 0. The van der Waals surface area contributed by atoms with Gasteiger partial charge in [-0.2, -0.15) is 0 Å². The SMILES string of the molecule is CN(CC(=O)O)c1ccc(N2N=NNC2S)cc1. The Morgan fingerprint density at radius 2 is 2.22 bits per heavy atom. The Kier molecular flexibility index (Phi) is 3.56. The molecule has 0 aromatic heterocycles. The van der Waals surface area contributed by atoms with Crippen molar-refractivity contribution in [3.05, 3.63) is 24.3 Å². The third-order valence-electron chi connectivity index (χ3n) is 2.47. The largest absolute Gasteiger partial charge is 0.480 e. The molecule has 1 aromatic rings. The number of carboxylic acids is 1. The van der Waals surface area contributed by atoms with E-state index in [1.165, 1.54) is 0 Å². The third-order valence-corrected chi connectivity index (χ3v) is 2.81. The van der Waals surface area contributed by atoms with Crippen molar-refractivity contribution in [3.8, 4) is 0 Å². The summed E-state index contributed by atoms with van der Waals surface area (Å²) in [4.78, 5) is 12.3. The van der Waals surface area contributed by atoms with E-state index in [9.17, 15) is 4.79 Å². The number of nitrogens with one attached hydrogen (secondary N) is 1. The van der Waals surface area contributed by atoms with E-state index in [2.05, 4.69) is 28.5 Å². The van der Waals surface area contributed by atoms with Crippen molar-refractivity contribution in [1.29, 1.82) is 0 Å². The molecule has 18 heavy (non-hydrogen) atoms. The molecule has 0 saturated heterocycles. The molecule has 8 heteroatoms. The zero-order valence-electron chi connectivity index (χ0n) is 9.69. The maximum absolute atomic E-state index is 10.6. The number of rotatable bonds is 4. The predicted octanol–water partition coefficient (Wildman–Crippen LogP) is 1.11. The van der Waals surface area contributed by atoms with E-state index in [0.717, 1.165) is 11.4 Å². The molecule has 0 saturated carbocycles. The van der Waals surface area contributed by atoms with E-state index in [1.54, 1.807) is 17.0 Å². The number of thiol groups is 1. The van der Waals surface area contributed by atoms with Gasteiger partial charge in [-0.3, -0.25) is 10.2 Å². The Balaban J connectivity index is 2.10. The predicted molar refractivity (Wildman–Crippen MR) is 70.6 cm³/mol. The molecule has 0 aliphatic carbocycles. The summed E-state index contributed by atoms with van der Waals surface area (Å²) in [6.45, 7) is -0.0421. The molecule has 1 aliphatic heterocycles.